The van der Waals surface area contributed by atoms with E-state index < -0.39 is 0 Å². The Labute approximate surface area is 106 Å². The van der Waals surface area contributed by atoms with Crippen molar-refractivity contribution in [3.8, 4) is 6.07 Å². The first-order valence-corrected chi connectivity index (χ1v) is 5.59. The van der Waals surface area contributed by atoms with Crippen LogP contribution in [0.5, 0.6) is 0 Å². The molecular formula is C13H13ClN2O. The molecule has 0 atom stereocenters. The maximum atomic E-state index is 11.7. The Balaban J connectivity index is 3.00. The molecule has 1 aromatic rings. The molecule has 0 aliphatic rings. The number of nitrogens with one attached hydrogen (secondary N) is 1. The van der Waals surface area contributed by atoms with E-state index in [0.29, 0.717) is 10.6 Å². The van der Waals surface area contributed by atoms with Crippen LogP contribution in [0.2, 0.25) is 5.02 Å². The lowest BCUT2D eigenvalue weighted by molar-refractivity contribution is -0.117. The number of hydrogen-bond acceptors (Lipinski definition) is 2. The van der Waals surface area contributed by atoms with Gasteiger partial charge < -0.3 is 5.32 Å². The standard InChI is InChI=1S/C13H13ClN2O/c1-9(2)16-13(17)11(8-15)7-10-5-3-4-6-12(10)14/h3-7,9H,1-2H3,(H,16,17)/b11-7-. The van der Waals surface area contributed by atoms with Crippen molar-refractivity contribution in [3.05, 3.63) is 40.4 Å². The highest BCUT2D eigenvalue weighted by atomic mass is 35.5. The van der Waals surface area contributed by atoms with Crippen molar-refractivity contribution >= 4 is 23.6 Å². The van der Waals surface area contributed by atoms with E-state index in [1.54, 1.807) is 24.3 Å². The van der Waals surface area contributed by atoms with E-state index in [9.17, 15) is 4.79 Å². The maximum absolute atomic E-state index is 11.7. The molecule has 0 heterocycles. The zero-order valence-corrected chi connectivity index (χ0v) is 10.5. The number of amides is 1. The minimum absolute atomic E-state index is 0.00880. The van der Waals surface area contributed by atoms with Gasteiger partial charge in [0.15, 0.2) is 0 Å². The van der Waals surface area contributed by atoms with Crippen molar-refractivity contribution in [2.24, 2.45) is 0 Å². The molecule has 0 aliphatic carbocycles. The lowest BCUT2D eigenvalue weighted by Gasteiger charge is -2.07. The first-order valence-electron chi connectivity index (χ1n) is 5.21. The average Bonchev–Trinajstić information content (AvgIpc) is 2.27. The molecule has 1 aromatic carbocycles. The first kappa shape index (κ1) is 13.3. The third kappa shape index (κ3) is 3.93. The summed E-state index contributed by atoms with van der Waals surface area (Å²) >= 11 is 5.95. The topological polar surface area (TPSA) is 52.9 Å². The van der Waals surface area contributed by atoms with Gasteiger partial charge in [0, 0.05) is 11.1 Å². The normalized spacial score (nSPS) is 11.1. The van der Waals surface area contributed by atoms with Gasteiger partial charge in [-0.15, -0.1) is 0 Å². The van der Waals surface area contributed by atoms with Gasteiger partial charge >= 0.3 is 0 Å². The quantitative estimate of drug-likeness (QED) is 0.661. The highest BCUT2D eigenvalue weighted by molar-refractivity contribution is 6.32. The monoisotopic (exact) mass is 248 g/mol. The number of halogens is 1. The van der Waals surface area contributed by atoms with Crippen LogP contribution in [0, 0.1) is 11.3 Å². The van der Waals surface area contributed by atoms with Crippen molar-refractivity contribution in [2.45, 2.75) is 19.9 Å². The van der Waals surface area contributed by atoms with Crippen LogP contribution in [0.3, 0.4) is 0 Å². The molecule has 1 N–H and O–H groups in total. The molecule has 88 valence electrons. The van der Waals surface area contributed by atoms with Crippen LogP contribution in [0.15, 0.2) is 29.8 Å². The van der Waals surface area contributed by atoms with Gasteiger partial charge in [0.1, 0.15) is 11.6 Å². The predicted octanol–water partition coefficient (Wildman–Crippen LogP) is 2.77. The van der Waals surface area contributed by atoms with E-state index in [0.717, 1.165) is 0 Å². The Kier molecular flexibility index (Phi) is 4.74. The van der Waals surface area contributed by atoms with E-state index >= 15 is 0 Å². The van der Waals surface area contributed by atoms with Gasteiger partial charge in [-0.1, -0.05) is 29.8 Å². The second-order valence-electron chi connectivity index (χ2n) is 3.82. The van der Waals surface area contributed by atoms with Gasteiger partial charge in [-0.05, 0) is 31.6 Å². The molecule has 1 amide bonds. The average molecular weight is 249 g/mol. The Bertz CT molecular complexity index is 486. The summed E-state index contributed by atoms with van der Waals surface area (Å²) in [7, 11) is 0. The number of nitrogens with zero attached hydrogens (tertiary/aromatic N) is 1. The Morgan fingerprint density at radius 1 is 1.47 bits per heavy atom. The number of hydrogen-bond donors (Lipinski definition) is 1. The van der Waals surface area contributed by atoms with Gasteiger partial charge in [-0.25, -0.2) is 0 Å². The SMILES string of the molecule is CC(C)NC(=O)/C(C#N)=C\c1ccccc1Cl. The fourth-order valence-corrected chi connectivity index (χ4v) is 1.43. The third-order valence-corrected chi connectivity index (χ3v) is 2.33. The largest absolute Gasteiger partial charge is 0.349 e. The van der Waals surface area contributed by atoms with Crippen LogP contribution >= 0.6 is 11.6 Å². The summed E-state index contributed by atoms with van der Waals surface area (Å²) in [6.07, 6.45) is 1.49. The van der Waals surface area contributed by atoms with Crippen molar-refractivity contribution < 1.29 is 4.79 Å². The van der Waals surface area contributed by atoms with E-state index in [2.05, 4.69) is 5.32 Å². The molecule has 17 heavy (non-hydrogen) atoms. The molecule has 0 spiro atoms. The van der Waals surface area contributed by atoms with Crippen LogP contribution in [0.25, 0.3) is 6.08 Å². The van der Waals surface area contributed by atoms with Gasteiger partial charge in [-0.3, -0.25) is 4.79 Å². The summed E-state index contributed by atoms with van der Waals surface area (Å²) in [4.78, 5) is 11.7. The highest BCUT2D eigenvalue weighted by Crippen LogP contribution is 2.18. The van der Waals surface area contributed by atoms with Crippen LogP contribution in [0.1, 0.15) is 19.4 Å². The number of carbonyl (C=O) groups excluding carboxylic acids is 1. The molecule has 0 unspecified atom stereocenters. The van der Waals surface area contributed by atoms with Gasteiger partial charge in [0.05, 0.1) is 0 Å². The number of rotatable bonds is 3. The molecular weight excluding hydrogens is 236 g/mol. The number of nitriles is 1. The van der Waals surface area contributed by atoms with Crippen molar-refractivity contribution in [1.29, 1.82) is 5.26 Å². The third-order valence-electron chi connectivity index (χ3n) is 1.99. The molecule has 1 rings (SSSR count). The van der Waals surface area contributed by atoms with Crippen LogP contribution in [0.4, 0.5) is 0 Å². The summed E-state index contributed by atoms with van der Waals surface area (Å²) in [5.74, 6) is -0.387. The minimum atomic E-state index is -0.387. The van der Waals surface area contributed by atoms with Crippen molar-refractivity contribution in [2.75, 3.05) is 0 Å². The Morgan fingerprint density at radius 3 is 2.65 bits per heavy atom. The van der Waals surface area contributed by atoms with E-state index in [4.69, 9.17) is 16.9 Å². The zero-order valence-electron chi connectivity index (χ0n) is 9.70. The van der Waals surface area contributed by atoms with Crippen molar-refractivity contribution in [1.82, 2.24) is 5.32 Å². The predicted molar refractivity (Wildman–Crippen MR) is 68.3 cm³/mol. The van der Waals surface area contributed by atoms with E-state index in [1.807, 2.05) is 19.9 Å². The molecule has 3 nitrogen and oxygen atoms in total. The Hall–Kier alpha value is -1.79. The molecule has 0 saturated carbocycles. The fourth-order valence-electron chi connectivity index (χ4n) is 1.24. The summed E-state index contributed by atoms with van der Waals surface area (Å²) in [6.45, 7) is 3.67. The molecule has 0 radical (unpaired) electrons. The van der Waals surface area contributed by atoms with E-state index in [-0.39, 0.29) is 17.5 Å². The molecule has 0 aromatic heterocycles. The smallest absolute Gasteiger partial charge is 0.262 e. The molecule has 0 aliphatic heterocycles. The lowest BCUT2D eigenvalue weighted by Crippen LogP contribution is -2.30. The number of benzene rings is 1. The Morgan fingerprint density at radius 2 is 2.12 bits per heavy atom. The lowest BCUT2D eigenvalue weighted by atomic mass is 10.1. The van der Waals surface area contributed by atoms with Gasteiger partial charge in [-0.2, -0.15) is 5.26 Å². The second kappa shape index (κ2) is 6.07. The van der Waals surface area contributed by atoms with Crippen molar-refractivity contribution in [3.63, 3.8) is 0 Å². The second-order valence-corrected chi connectivity index (χ2v) is 4.23. The molecule has 0 bridgehead atoms. The molecule has 0 fully saturated rings. The van der Waals surface area contributed by atoms with Crippen LogP contribution in [-0.4, -0.2) is 11.9 Å². The fraction of sp³-hybridized carbons (Fsp3) is 0.231. The van der Waals surface area contributed by atoms with E-state index in [1.165, 1.54) is 6.08 Å². The summed E-state index contributed by atoms with van der Waals surface area (Å²) in [5, 5.41) is 12.1. The molecule has 4 heteroatoms. The van der Waals surface area contributed by atoms with Gasteiger partial charge in [0.2, 0.25) is 0 Å². The van der Waals surface area contributed by atoms with Gasteiger partial charge in [0.25, 0.3) is 5.91 Å². The first-order chi connectivity index (χ1) is 8.04. The minimum Gasteiger partial charge on any atom is -0.349 e. The van der Waals surface area contributed by atoms with Crippen LogP contribution in [-0.2, 0) is 4.79 Å². The summed E-state index contributed by atoms with van der Waals surface area (Å²) < 4.78 is 0. The maximum Gasteiger partial charge on any atom is 0.262 e. The van der Waals surface area contributed by atoms with Crippen LogP contribution < -0.4 is 5.32 Å². The summed E-state index contributed by atoms with van der Waals surface area (Å²) in [5.41, 5.74) is 0.705. The highest BCUT2D eigenvalue weighted by Gasteiger charge is 2.10. The summed E-state index contributed by atoms with van der Waals surface area (Å²) in [6, 6.07) is 8.92. The zero-order chi connectivity index (χ0) is 12.8. The number of carbonyl (C=O) groups is 1. The molecule has 0 saturated heterocycles.